The van der Waals surface area contributed by atoms with Gasteiger partial charge in [-0.25, -0.2) is 9.37 Å². The second-order valence-corrected chi connectivity index (χ2v) is 8.57. The zero-order valence-corrected chi connectivity index (χ0v) is 18.8. The molecule has 0 amide bonds. The third kappa shape index (κ3) is 5.96. The predicted octanol–water partition coefficient (Wildman–Crippen LogP) is 5.71. The number of pyridine rings is 1. The largest absolute Gasteiger partial charge is 0.492 e. The number of hydrogen-bond donors (Lipinski definition) is 0. The van der Waals surface area contributed by atoms with E-state index >= 15 is 0 Å². The summed E-state index contributed by atoms with van der Waals surface area (Å²) in [6.45, 7) is 8.31. The predicted molar refractivity (Wildman–Crippen MR) is 127 cm³/mol. The first-order chi connectivity index (χ1) is 15.6. The minimum absolute atomic E-state index is 0.150. The van der Waals surface area contributed by atoms with Gasteiger partial charge in [0.1, 0.15) is 18.1 Å². The smallest absolute Gasteiger partial charge is 0.158 e. The van der Waals surface area contributed by atoms with Crippen LogP contribution in [0.15, 0.2) is 60.8 Å². The molecule has 1 aromatic heterocycles. The van der Waals surface area contributed by atoms with E-state index in [1.807, 2.05) is 55.5 Å². The fourth-order valence-corrected chi connectivity index (χ4v) is 3.78. The summed E-state index contributed by atoms with van der Waals surface area (Å²) >= 11 is 0. The molecule has 0 N–H and O–H groups in total. The molecular formula is C28H29FN2O. The van der Waals surface area contributed by atoms with Gasteiger partial charge < -0.3 is 4.74 Å². The number of halogens is 1. The normalized spacial score (nSPS) is 14.6. The van der Waals surface area contributed by atoms with Gasteiger partial charge in [0.05, 0.1) is 0 Å². The van der Waals surface area contributed by atoms with Gasteiger partial charge in [0.15, 0.2) is 5.82 Å². The minimum Gasteiger partial charge on any atom is -0.492 e. The van der Waals surface area contributed by atoms with Crippen molar-refractivity contribution < 1.29 is 9.13 Å². The summed E-state index contributed by atoms with van der Waals surface area (Å²) in [6, 6.07) is 17.0. The summed E-state index contributed by atoms with van der Waals surface area (Å²) in [5.74, 6) is 7.09. The van der Waals surface area contributed by atoms with Crippen LogP contribution in [-0.4, -0.2) is 36.1 Å². The molecule has 0 saturated carbocycles. The number of hydrogen-bond acceptors (Lipinski definition) is 3. The number of likely N-dealkylation sites (tertiary alicyclic amines) is 1. The molecule has 32 heavy (non-hydrogen) atoms. The van der Waals surface area contributed by atoms with Gasteiger partial charge >= 0.3 is 0 Å². The van der Waals surface area contributed by atoms with E-state index in [0.717, 1.165) is 53.6 Å². The third-order valence-corrected chi connectivity index (χ3v) is 5.96. The van der Waals surface area contributed by atoms with E-state index < -0.39 is 5.82 Å². The standard InChI is InChI=1S/C28H29FN2O/c1-21-3-8-24(9-4-21)25-19-27(29)28(30-20-25)12-7-23-5-10-26(11-6-23)32-18-17-31-15-13-22(2)14-16-31/h3-6,8-11,19-20,22H,13-18H2,1-2H3. The van der Waals surface area contributed by atoms with Gasteiger partial charge in [0.25, 0.3) is 0 Å². The molecule has 164 valence electrons. The first kappa shape index (κ1) is 22.0. The molecule has 2 aromatic carbocycles. The maximum absolute atomic E-state index is 14.5. The van der Waals surface area contributed by atoms with Gasteiger partial charge in [-0.3, -0.25) is 4.90 Å². The Morgan fingerprint density at radius 1 is 1.00 bits per heavy atom. The fraction of sp³-hybridized carbons (Fsp3) is 0.321. The topological polar surface area (TPSA) is 25.4 Å². The van der Waals surface area contributed by atoms with E-state index in [2.05, 4.69) is 28.6 Å². The van der Waals surface area contributed by atoms with Crippen LogP contribution >= 0.6 is 0 Å². The van der Waals surface area contributed by atoms with Gasteiger partial charge in [-0.15, -0.1) is 0 Å². The van der Waals surface area contributed by atoms with Crippen molar-refractivity contribution in [1.29, 1.82) is 0 Å². The van der Waals surface area contributed by atoms with Crippen LogP contribution in [0.2, 0.25) is 0 Å². The highest BCUT2D eigenvalue weighted by Gasteiger charge is 2.15. The molecule has 0 aliphatic carbocycles. The van der Waals surface area contributed by atoms with Gasteiger partial charge in [-0.1, -0.05) is 42.7 Å². The molecule has 0 atom stereocenters. The Labute approximate surface area is 190 Å². The van der Waals surface area contributed by atoms with E-state index in [1.165, 1.54) is 18.9 Å². The first-order valence-corrected chi connectivity index (χ1v) is 11.3. The highest BCUT2D eigenvalue weighted by Crippen LogP contribution is 2.21. The highest BCUT2D eigenvalue weighted by molar-refractivity contribution is 5.63. The maximum Gasteiger partial charge on any atom is 0.158 e. The van der Waals surface area contributed by atoms with Crippen LogP contribution < -0.4 is 4.74 Å². The number of nitrogens with zero attached hydrogens (tertiary/aromatic N) is 2. The lowest BCUT2D eigenvalue weighted by Gasteiger charge is -2.29. The number of piperidine rings is 1. The van der Waals surface area contributed by atoms with Crippen LogP contribution in [-0.2, 0) is 0 Å². The lowest BCUT2D eigenvalue weighted by molar-refractivity contribution is 0.160. The zero-order chi connectivity index (χ0) is 22.3. The SMILES string of the molecule is Cc1ccc(-c2cnc(C#Cc3ccc(OCCN4CCC(C)CC4)cc3)c(F)c2)cc1. The van der Waals surface area contributed by atoms with Crippen molar-refractivity contribution in [3.05, 3.63) is 83.4 Å². The number of rotatable bonds is 5. The summed E-state index contributed by atoms with van der Waals surface area (Å²) < 4.78 is 20.4. The van der Waals surface area contributed by atoms with Crippen LogP contribution in [0.1, 0.15) is 36.6 Å². The molecule has 1 aliphatic rings. The van der Waals surface area contributed by atoms with Crippen molar-refractivity contribution in [1.82, 2.24) is 9.88 Å². The first-order valence-electron chi connectivity index (χ1n) is 11.3. The Hall–Kier alpha value is -3.16. The average Bonchev–Trinajstić information content (AvgIpc) is 2.81. The van der Waals surface area contributed by atoms with E-state index in [4.69, 9.17) is 4.74 Å². The van der Waals surface area contributed by atoms with Crippen molar-refractivity contribution in [3.8, 4) is 28.7 Å². The third-order valence-electron chi connectivity index (χ3n) is 5.96. The Morgan fingerprint density at radius 3 is 2.41 bits per heavy atom. The summed E-state index contributed by atoms with van der Waals surface area (Å²) in [6.07, 6.45) is 4.21. The number of ether oxygens (including phenoxy) is 1. The van der Waals surface area contributed by atoms with Crippen LogP contribution in [0.25, 0.3) is 11.1 Å². The Bertz CT molecular complexity index is 1090. The van der Waals surface area contributed by atoms with Crippen molar-refractivity contribution >= 4 is 0 Å². The van der Waals surface area contributed by atoms with Crippen LogP contribution in [0.5, 0.6) is 5.75 Å². The van der Waals surface area contributed by atoms with Gasteiger partial charge in [-0.05, 0) is 80.6 Å². The second-order valence-electron chi connectivity index (χ2n) is 8.57. The van der Waals surface area contributed by atoms with Crippen molar-refractivity contribution in [3.63, 3.8) is 0 Å². The van der Waals surface area contributed by atoms with Crippen molar-refractivity contribution in [2.45, 2.75) is 26.7 Å². The molecule has 3 aromatic rings. The van der Waals surface area contributed by atoms with E-state index in [-0.39, 0.29) is 5.69 Å². The van der Waals surface area contributed by atoms with E-state index in [1.54, 1.807) is 6.20 Å². The highest BCUT2D eigenvalue weighted by atomic mass is 19.1. The monoisotopic (exact) mass is 428 g/mol. The van der Waals surface area contributed by atoms with Gasteiger partial charge in [-0.2, -0.15) is 0 Å². The molecule has 2 heterocycles. The van der Waals surface area contributed by atoms with Gasteiger partial charge in [0, 0.05) is 23.9 Å². The van der Waals surface area contributed by atoms with Crippen LogP contribution in [0.4, 0.5) is 4.39 Å². The molecule has 1 aliphatic heterocycles. The molecule has 1 fully saturated rings. The fourth-order valence-electron chi connectivity index (χ4n) is 3.78. The summed E-state index contributed by atoms with van der Waals surface area (Å²) in [5.41, 5.74) is 3.79. The van der Waals surface area contributed by atoms with Crippen LogP contribution in [0, 0.1) is 30.5 Å². The Kier molecular flexibility index (Phi) is 7.19. The molecule has 0 bridgehead atoms. The molecular weight excluding hydrogens is 399 g/mol. The van der Waals surface area contributed by atoms with Crippen molar-refractivity contribution in [2.75, 3.05) is 26.2 Å². The molecule has 4 rings (SSSR count). The summed E-state index contributed by atoms with van der Waals surface area (Å²) in [4.78, 5) is 6.69. The molecule has 1 saturated heterocycles. The average molecular weight is 429 g/mol. The molecule has 3 nitrogen and oxygen atoms in total. The van der Waals surface area contributed by atoms with E-state index in [0.29, 0.717) is 6.61 Å². The maximum atomic E-state index is 14.5. The van der Waals surface area contributed by atoms with Crippen molar-refractivity contribution in [2.24, 2.45) is 5.92 Å². The van der Waals surface area contributed by atoms with Crippen LogP contribution in [0.3, 0.4) is 0 Å². The summed E-state index contributed by atoms with van der Waals surface area (Å²) in [7, 11) is 0. The number of aromatic nitrogens is 1. The summed E-state index contributed by atoms with van der Waals surface area (Å²) in [5, 5.41) is 0. The Balaban J connectivity index is 1.33. The van der Waals surface area contributed by atoms with E-state index in [9.17, 15) is 4.39 Å². The number of benzene rings is 2. The zero-order valence-electron chi connectivity index (χ0n) is 18.8. The van der Waals surface area contributed by atoms with Gasteiger partial charge in [0.2, 0.25) is 0 Å². The molecule has 4 heteroatoms. The number of aryl methyl sites for hydroxylation is 1. The lowest BCUT2D eigenvalue weighted by Crippen LogP contribution is -2.35. The minimum atomic E-state index is -0.414. The lowest BCUT2D eigenvalue weighted by atomic mass is 9.99. The molecule has 0 unspecified atom stereocenters. The molecule has 0 radical (unpaired) electrons. The molecule has 0 spiro atoms. The second kappa shape index (κ2) is 10.4. The quantitative estimate of drug-likeness (QED) is 0.487. The Morgan fingerprint density at radius 2 is 1.72 bits per heavy atom.